The highest BCUT2D eigenvalue weighted by atomic mass is 19.2. The van der Waals surface area contributed by atoms with E-state index in [0.717, 1.165) is 6.07 Å². The van der Waals surface area contributed by atoms with Gasteiger partial charge in [-0.15, -0.1) is 0 Å². The zero-order chi connectivity index (χ0) is 15.7. The highest BCUT2D eigenvalue weighted by Gasteiger charge is 2.22. The van der Waals surface area contributed by atoms with Gasteiger partial charge in [0.25, 0.3) is 0 Å². The summed E-state index contributed by atoms with van der Waals surface area (Å²) in [5.74, 6) is -7.90. The van der Waals surface area contributed by atoms with Crippen molar-refractivity contribution in [3.8, 4) is 0 Å². The fourth-order valence-corrected chi connectivity index (χ4v) is 1.69. The SMILES string of the molecule is CC(Nc1c(F)c(F)cc(F)c1F)c1ccc(C(=O)O)o1. The minimum Gasteiger partial charge on any atom is -0.475 e. The molecular formula is C13H9F4NO3. The van der Waals surface area contributed by atoms with Gasteiger partial charge < -0.3 is 14.8 Å². The lowest BCUT2D eigenvalue weighted by Gasteiger charge is -2.15. The number of halogens is 4. The first-order valence-electron chi connectivity index (χ1n) is 5.73. The Bertz CT molecular complexity index is 673. The number of nitrogens with one attached hydrogen (secondary N) is 1. The molecular weight excluding hydrogens is 294 g/mol. The van der Waals surface area contributed by atoms with E-state index < -0.39 is 41.0 Å². The molecule has 0 spiro atoms. The predicted molar refractivity (Wildman–Crippen MR) is 64.0 cm³/mol. The maximum Gasteiger partial charge on any atom is 0.371 e. The lowest BCUT2D eigenvalue weighted by molar-refractivity contribution is 0.0660. The van der Waals surface area contributed by atoms with Crippen molar-refractivity contribution < 1.29 is 31.9 Å². The number of carboxylic acids is 1. The summed E-state index contributed by atoms with van der Waals surface area (Å²) < 4.78 is 58.0. The van der Waals surface area contributed by atoms with Crippen LogP contribution in [0, 0.1) is 23.3 Å². The average Bonchev–Trinajstić information content (AvgIpc) is 2.91. The predicted octanol–water partition coefficient (Wildman–Crippen LogP) is 3.71. The standard InChI is InChI=1S/C13H9F4NO3/c1-5(8-2-3-9(21-8)13(19)20)18-12-10(16)6(14)4-7(15)11(12)17/h2-5,18H,1H3,(H,19,20). The van der Waals surface area contributed by atoms with Crippen LogP contribution < -0.4 is 5.32 Å². The van der Waals surface area contributed by atoms with Crippen LogP contribution >= 0.6 is 0 Å². The smallest absolute Gasteiger partial charge is 0.371 e. The molecule has 0 fully saturated rings. The molecule has 0 amide bonds. The first kappa shape index (κ1) is 14.9. The minimum atomic E-state index is -1.58. The van der Waals surface area contributed by atoms with Crippen molar-refractivity contribution in [2.45, 2.75) is 13.0 Å². The van der Waals surface area contributed by atoms with Gasteiger partial charge in [-0.05, 0) is 19.1 Å². The summed E-state index contributed by atoms with van der Waals surface area (Å²) in [5.41, 5.74) is -0.992. The van der Waals surface area contributed by atoms with Crippen molar-refractivity contribution in [3.05, 3.63) is 53.0 Å². The number of rotatable bonds is 4. The Balaban J connectivity index is 2.31. The van der Waals surface area contributed by atoms with E-state index in [0.29, 0.717) is 0 Å². The Labute approximate surface area is 116 Å². The van der Waals surface area contributed by atoms with Crippen LogP contribution in [0.4, 0.5) is 23.2 Å². The molecule has 0 aliphatic carbocycles. The molecule has 2 N–H and O–H groups in total. The van der Waals surface area contributed by atoms with Gasteiger partial charge in [0.1, 0.15) is 11.4 Å². The topological polar surface area (TPSA) is 62.5 Å². The molecule has 21 heavy (non-hydrogen) atoms. The zero-order valence-corrected chi connectivity index (χ0v) is 10.6. The van der Waals surface area contributed by atoms with Crippen molar-refractivity contribution in [2.75, 3.05) is 5.32 Å². The highest BCUT2D eigenvalue weighted by molar-refractivity contribution is 5.84. The third-order valence-corrected chi connectivity index (χ3v) is 2.74. The Morgan fingerprint density at radius 3 is 2.24 bits per heavy atom. The van der Waals surface area contributed by atoms with Gasteiger partial charge in [-0.25, -0.2) is 22.4 Å². The van der Waals surface area contributed by atoms with Gasteiger partial charge in [-0.3, -0.25) is 0 Å². The monoisotopic (exact) mass is 303 g/mol. The van der Waals surface area contributed by atoms with E-state index in [1.54, 1.807) is 0 Å². The number of aromatic carboxylic acids is 1. The second-order valence-corrected chi connectivity index (χ2v) is 4.22. The van der Waals surface area contributed by atoms with E-state index in [4.69, 9.17) is 9.52 Å². The van der Waals surface area contributed by atoms with Crippen molar-refractivity contribution >= 4 is 11.7 Å². The number of carboxylic acid groups (broad SMARTS) is 1. The summed E-state index contributed by atoms with van der Waals surface area (Å²) in [6.45, 7) is 1.38. The lowest BCUT2D eigenvalue weighted by Crippen LogP contribution is -2.11. The summed E-state index contributed by atoms with van der Waals surface area (Å²) in [6.07, 6.45) is 0. The largest absolute Gasteiger partial charge is 0.475 e. The molecule has 4 nitrogen and oxygen atoms in total. The number of anilines is 1. The first-order chi connectivity index (χ1) is 9.81. The first-order valence-corrected chi connectivity index (χ1v) is 5.73. The summed E-state index contributed by atoms with van der Waals surface area (Å²) in [5, 5.41) is 10.9. The minimum absolute atomic E-state index is 0.0378. The third kappa shape index (κ3) is 2.83. The van der Waals surface area contributed by atoms with Gasteiger partial charge in [0, 0.05) is 6.07 Å². The molecule has 0 aliphatic heterocycles. The van der Waals surface area contributed by atoms with Gasteiger partial charge in [0.05, 0.1) is 6.04 Å². The molecule has 0 saturated carbocycles. The summed E-state index contributed by atoms with van der Waals surface area (Å²) >= 11 is 0. The molecule has 2 rings (SSSR count). The maximum atomic E-state index is 13.5. The molecule has 0 radical (unpaired) electrons. The quantitative estimate of drug-likeness (QED) is 0.667. The third-order valence-electron chi connectivity index (χ3n) is 2.74. The van der Waals surface area contributed by atoms with E-state index in [1.165, 1.54) is 13.0 Å². The van der Waals surface area contributed by atoms with E-state index >= 15 is 0 Å². The summed E-state index contributed by atoms with van der Waals surface area (Å²) in [4.78, 5) is 10.7. The Hall–Kier alpha value is -2.51. The van der Waals surface area contributed by atoms with Gasteiger partial charge in [0.2, 0.25) is 5.76 Å². The average molecular weight is 303 g/mol. The van der Waals surface area contributed by atoms with Crippen LogP contribution in [0.25, 0.3) is 0 Å². The number of hydrogen-bond acceptors (Lipinski definition) is 3. The van der Waals surface area contributed by atoms with Crippen LogP contribution in [0.2, 0.25) is 0 Å². The van der Waals surface area contributed by atoms with Crippen molar-refractivity contribution in [2.24, 2.45) is 0 Å². The normalized spacial score (nSPS) is 12.2. The molecule has 1 unspecified atom stereocenters. The van der Waals surface area contributed by atoms with Crippen LogP contribution in [-0.4, -0.2) is 11.1 Å². The second-order valence-electron chi connectivity index (χ2n) is 4.22. The Morgan fingerprint density at radius 1 is 1.19 bits per heavy atom. The van der Waals surface area contributed by atoms with Crippen molar-refractivity contribution in [3.63, 3.8) is 0 Å². The fraction of sp³-hybridized carbons (Fsp3) is 0.154. The van der Waals surface area contributed by atoms with Crippen molar-refractivity contribution in [1.82, 2.24) is 0 Å². The molecule has 0 saturated heterocycles. The summed E-state index contributed by atoms with van der Waals surface area (Å²) in [6, 6.07) is 1.60. The van der Waals surface area contributed by atoms with Crippen molar-refractivity contribution in [1.29, 1.82) is 0 Å². The highest BCUT2D eigenvalue weighted by Crippen LogP contribution is 2.28. The van der Waals surface area contributed by atoms with Crippen LogP contribution in [-0.2, 0) is 0 Å². The van der Waals surface area contributed by atoms with E-state index in [1.807, 2.05) is 0 Å². The lowest BCUT2D eigenvalue weighted by atomic mass is 10.2. The van der Waals surface area contributed by atoms with Gasteiger partial charge in [-0.2, -0.15) is 0 Å². The van der Waals surface area contributed by atoms with E-state index in [-0.39, 0.29) is 17.6 Å². The molecule has 8 heteroatoms. The number of carbonyl (C=O) groups is 1. The van der Waals surface area contributed by atoms with Gasteiger partial charge >= 0.3 is 5.97 Å². The fourth-order valence-electron chi connectivity index (χ4n) is 1.69. The van der Waals surface area contributed by atoms with E-state index in [9.17, 15) is 22.4 Å². The van der Waals surface area contributed by atoms with Gasteiger partial charge in [0.15, 0.2) is 23.3 Å². The Kier molecular flexibility index (Phi) is 3.88. The maximum absolute atomic E-state index is 13.5. The number of hydrogen-bond donors (Lipinski definition) is 2. The van der Waals surface area contributed by atoms with Crippen LogP contribution in [0.1, 0.15) is 29.3 Å². The van der Waals surface area contributed by atoms with E-state index in [2.05, 4.69) is 5.32 Å². The van der Waals surface area contributed by atoms with Crippen LogP contribution in [0.5, 0.6) is 0 Å². The number of furan rings is 1. The van der Waals surface area contributed by atoms with Crippen LogP contribution in [0.3, 0.4) is 0 Å². The second kappa shape index (κ2) is 5.47. The molecule has 0 bridgehead atoms. The molecule has 2 aromatic rings. The number of benzene rings is 1. The molecule has 1 aromatic carbocycles. The van der Waals surface area contributed by atoms with Crippen LogP contribution in [0.15, 0.2) is 22.6 Å². The molecule has 1 atom stereocenters. The zero-order valence-electron chi connectivity index (χ0n) is 10.6. The van der Waals surface area contributed by atoms with Gasteiger partial charge in [-0.1, -0.05) is 0 Å². The molecule has 112 valence electrons. The molecule has 1 heterocycles. The molecule has 0 aliphatic rings. The molecule has 1 aromatic heterocycles. The summed E-state index contributed by atoms with van der Waals surface area (Å²) in [7, 11) is 0. The Morgan fingerprint density at radius 2 is 1.76 bits per heavy atom.